The minimum absolute atomic E-state index is 0.621. The van der Waals surface area contributed by atoms with Gasteiger partial charge in [-0.25, -0.2) is 4.98 Å². The molecule has 0 amide bonds. The number of hydrogen-bond acceptors (Lipinski definition) is 3. The third kappa shape index (κ3) is 3.94. The predicted molar refractivity (Wildman–Crippen MR) is 184 cm³/mol. The van der Waals surface area contributed by atoms with Gasteiger partial charge in [-0.1, -0.05) is 109 Å². The molecule has 0 radical (unpaired) electrons. The van der Waals surface area contributed by atoms with Crippen LogP contribution >= 0.6 is 0 Å². The Morgan fingerprint density at radius 2 is 0.886 bits per heavy atom. The Morgan fingerprint density at radius 3 is 1.50 bits per heavy atom. The van der Waals surface area contributed by atoms with E-state index in [0.29, 0.717) is 5.89 Å². The lowest BCUT2D eigenvalue weighted by Gasteiger charge is -2.26. The van der Waals surface area contributed by atoms with Crippen molar-refractivity contribution in [3.63, 3.8) is 0 Å². The van der Waals surface area contributed by atoms with Gasteiger partial charge in [-0.2, -0.15) is 0 Å². The predicted octanol–water partition coefficient (Wildman–Crippen LogP) is 11.6. The minimum atomic E-state index is 0.621. The van der Waals surface area contributed by atoms with Crippen LogP contribution in [-0.4, -0.2) is 4.98 Å². The molecule has 0 N–H and O–H groups in total. The lowest BCUT2D eigenvalue weighted by atomic mass is 10.0. The Bertz CT molecular complexity index is 2360. The standard InChI is InChI=1S/C41H26N2O/c1-3-11-30-25-33(23-17-27(30)9-1)43(34-24-18-28-10-2-4-12-31(28)26-34)32-21-19-29(20-22-32)41-42-39-37-15-7-5-13-35(37)36-14-6-8-16-38(36)40(39)44-41/h1-26H. The van der Waals surface area contributed by atoms with E-state index in [-0.39, 0.29) is 0 Å². The SMILES string of the molecule is c1ccc2cc(N(c3ccc(-c4nc5c6ccccc6c6ccccc6c5o4)cc3)c3ccc4ccccc4c3)ccc2c1. The lowest BCUT2D eigenvalue weighted by molar-refractivity contribution is 0.623. The molecule has 0 aliphatic heterocycles. The topological polar surface area (TPSA) is 29.3 Å². The van der Waals surface area contributed by atoms with E-state index in [2.05, 4.69) is 163 Å². The molecule has 0 bridgehead atoms. The fourth-order valence-corrected chi connectivity index (χ4v) is 6.48. The zero-order valence-electron chi connectivity index (χ0n) is 23.8. The summed E-state index contributed by atoms with van der Waals surface area (Å²) in [7, 11) is 0. The van der Waals surface area contributed by atoms with Crippen molar-refractivity contribution in [2.75, 3.05) is 4.90 Å². The van der Waals surface area contributed by atoms with Crippen molar-refractivity contribution in [1.29, 1.82) is 0 Å². The van der Waals surface area contributed by atoms with Crippen LogP contribution in [0.5, 0.6) is 0 Å². The van der Waals surface area contributed by atoms with Gasteiger partial charge in [0.05, 0.1) is 0 Å². The summed E-state index contributed by atoms with van der Waals surface area (Å²) in [5, 5.41) is 9.41. The molecule has 3 heteroatoms. The smallest absolute Gasteiger partial charge is 0.227 e. The maximum atomic E-state index is 6.52. The molecule has 0 fully saturated rings. The molecule has 9 rings (SSSR count). The van der Waals surface area contributed by atoms with Crippen molar-refractivity contribution in [2.24, 2.45) is 0 Å². The maximum Gasteiger partial charge on any atom is 0.227 e. The van der Waals surface area contributed by atoms with E-state index >= 15 is 0 Å². The average molecular weight is 563 g/mol. The third-order valence-corrected chi connectivity index (χ3v) is 8.63. The highest BCUT2D eigenvalue weighted by molar-refractivity contribution is 6.22. The largest absolute Gasteiger partial charge is 0.435 e. The van der Waals surface area contributed by atoms with Gasteiger partial charge in [-0.05, 0) is 80.8 Å². The molecule has 0 saturated carbocycles. The Labute approximate surface area is 254 Å². The molecule has 0 saturated heterocycles. The summed E-state index contributed by atoms with van der Waals surface area (Å²) in [4.78, 5) is 7.36. The van der Waals surface area contributed by atoms with E-state index in [9.17, 15) is 0 Å². The molecule has 8 aromatic carbocycles. The Hall–Kier alpha value is -5.93. The van der Waals surface area contributed by atoms with Crippen molar-refractivity contribution in [1.82, 2.24) is 4.98 Å². The Balaban J connectivity index is 1.19. The molecule has 44 heavy (non-hydrogen) atoms. The maximum absolute atomic E-state index is 6.52. The highest BCUT2D eigenvalue weighted by atomic mass is 16.3. The van der Waals surface area contributed by atoms with E-state index in [1.807, 2.05) is 0 Å². The molecule has 0 spiro atoms. The van der Waals surface area contributed by atoms with Gasteiger partial charge in [0.2, 0.25) is 5.89 Å². The second-order valence-corrected chi connectivity index (χ2v) is 11.2. The molecule has 0 unspecified atom stereocenters. The number of fused-ring (bicyclic) bond motifs is 8. The number of nitrogens with zero attached hydrogens (tertiary/aromatic N) is 2. The zero-order chi connectivity index (χ0) is 29.0. The van der Waals surface area contributed by atoms with E-state index in [1.165, 1.54) is 32.3 Å². The second-order valence-electron chi connectivity index (χ2n) is 11.2. The van der Waals surface area contributed by atoms with Crippen LogP contribution in [-0.2, 0) is 0 Å². The van der Waals surface area contributed by atoms with Gasteiger partial charge in [0.25, 0.3) is 0 Å². The van der Waals surface area contributed by atoms with E-state index < -0.39 is 0 Å². The van der Waals surface area contributed by atoms with Gasteiger partial charge in [0.15, 0.2) is 5.58 Å². The van der Waals surface area contributed by atoms with Crippen LogP contribution < -0.4 is 4.90 Å². The first-order valence-electron chi connectivity index (χ1n) is 14.9. The minimum Gasteiger partial charge on any atom is -0.435 e. The average Bonchev–Trinajstić information content (AvgIpc) is 3.55. The highest BCUT2D eigenvalue weighted by Crippen LogP contribution is 2.40. The molecular weight excluding hydrogens is 536 g/mol. The third-order valence-electron chi connectivity index (χ3n) is 8.63. The summed E-state index contributed by atoms with van der Waals surface area (Å²) in [5.41, 5.74) is 5.93. The fourth-order valence-electron chi connectivity index (χ4n) is 6.48. The molecule has 206 valence electrons. The van der Waals surface area contributed by atoms with E-state index in [0.717, 1.165) is 44.5 Å². The molecule has 0 aliphatic rings. The van der Waals surface area contributed by atoms with Gasteiger partial charge in [-0.15, -0.1) is 0 Å². The van der Waals surface area contributed by atoms with Gasteiger partial charge in [-0.3, -0.25) is 0 Å². The number of oxazole rings is 1. The van der Waals surface area contributed by atoms with Crippen LogP contribution in [0.25, 0.3) is 65.6 Å². The summed E-state index contributed by atoms with van der Waals surface area (Å²) in [6, 6.07) is 55.7. The molecule has 3 nitrogen and oxygen atoms in total. The zero-order valence-corrected chi connectivity index (χ0v) is 23.8. The van der Waals surface area contributed by atoms with Gasteiger partial charge >= 0.3 is 0 Å². The summed E-state index contributed by atoms with van der Waals surface area (Å²) in [6.07, 6.45) is 0. The quantitative estimate of drug-likeness (QED) is 0.200. The van der Waals surface area contributed by atoms with Crippen molar-refractivity contribution in [3.8, 4) is 11.5 Å². The van der Waals surface area contributed by atoms with Crippen molar-refractivity contribution in [2.45, 2.75) is 0 Å². The Morgan fingerprint density at radius 1 is 0.409 bits per heavy atom. The number of rotatable bonds is 4. The number of anilines is 3. The van der Waals surface area contributed by atoms with Crippen LogP contribution in [0.3, 0.4) is 0 Å². The van der Waals surface area contributed by atoms with Gasteiger partial charge in [0, 0.05) is 33.4 Å². The fraction of sp³-hybridized carbons (Fsp3) is 0. The highest BCUT2D eigenvalue weighted by Gasteiger charge is 2.18. The van der Waals surface area contributed by atoms with Gasteiger partial charge in [0.1, 0.15) is 5.52 Å². The lowest BCUT2D eigenvalue weighted by Crippen LogP contribution is -2.09. The van der Waals surface area contributed by atoms with E-state index in [1.54, 1.807) is 0 Å². The van der Waals surface area contributed by atoms with Crippen LogP contribution in [0.15, 0.2) is 162 Å². The van der Waals surface area contributed by atoms with Crippen molar-refractivity contribution < 1.29 is 4.42 Å². The van der Waals surface area contributed by atoms with Crippen LogP contribution in [0.2, 0.25) is 0 Å². The summed E-state index contributed by atoms with van der Waals surface area (Å²) < 4.78 is 6.52. The second kappa shape index (κ2) is 9.82. The van der Waals surface area contributed by atoms with Crippen LogP contribution in [0.4, 0.5) is 17.1 Å². The summed E-state index contributed by atoms with van der Waals surface area (Å²) >= 11 is 0. The molecule has 9 aromatic rings. The molecule has 1 heterocycles. The Kier molecular flexibility index (Phi) is 5.50. The number of benzene rings is 8. The summed E-state index contributed by atoms with van der Waals surface area (Å²) in [6.45, 7) is 0. The normalized spacial score (nSPS) is 11.6. The first-order valence-corrected chi connectivity index (χ1v) is 14.9. The number of hydrogen-bond donors (Lipinski definition) is 0. The molecule has 0 atom stereocenters. The summed E-state index contributed by atoms with van der Waals surface area (Å²) in [5.74, 6) is 0.621. The monoisotopic (exact) mass is 562 g/mol. The number of aromatic nitrogens is 1. The first kappa shape index (κ1) is 24.6. The van der Waals surface area contributed by atoms with Crippen molar-refractivity contribution in [3.05, 3.63) is 158 Å². The van der Waals surface area contributed by atoms with E-state index in [4.69, 9.17) is 9.40 Å². The first-order chi connectivity index (χ1) is 21.8. The molecule has 0 aliphatic carbocycles. The molecular formula is C41H26N2O. The van der Waals surface area contributed by atoms with Crippen molar-refractivity contribution >= 4 is 71.3 Å². The van der Waals surface area contributed by atoms with Gasteiger partial charge < -0.3 is 9.32 Å². The van der Waals surface area contributed by atoms with Crippen LogP contribution in [0, 0.1) is 0 Å². The molecule has 1 aromatic heterocycles. The van der Waals surface area contributed by atoms with Crippen LogP contribution in [0.1, 0.15) is 0 Å².